The van der Waals surface area contributed by atoms with E-state index in [4.69, 9.17) is 25.7 Å². The first-order valence-corrected chi connectivity index (χ1v) is 11.3. The fraction of sp³-hybridized carbons (Fsp3) is 0.818. The van der Waals surface area contributed by atoms with Crippen molar-refractivity contribution >= 4 is 24.1 Å². The fourth-order valence-electron chi connectivity index (χ4n) is 2.62. The highest BCUT2D eigenvalue weighted by Crippen LogP contribution is 2.12. The molecule has 2 atom stereocenters. The number of hydrogen-bond donors (Lipinski definition) is 4. The second kappa shape index (κ2) is 14.7. The summed E-state index contributed by atoms with van der Waals surface area (Å²) in [7, 11) is 0. The zero-order valence-corrected chi connectivity index (χ0v) is 20.8. The van der Waals surface area contributed by atoms with Gasteiger partial charge < -0.3 is 36.3 Å². The molecule has 0 radical (unpaired) electrons. The van der Waals surface area contributed by atoms with E-state index < -0.39 is 47.4 Å². The SMILES string of the molecule is CC(C)(C)OC(=O)N[C@@H](CCCCN)C(=O)OC(=O)[C@H](CCCCN)NC(=O)OC(C)(C)C. The van der Waals surface area contributed by atoms with E-state index in [-0.39, 0.29) is 12.8 Å². The minimum atomic E-state index is -1.11. The monoisotopic (exact) mass is 474 g/mol. The van der Waals surface area contributed by atoms with Crippen molar-refractivity contribution in [2.75, 3.05) is 13.1 Å². The Bertz CT molecular complexity index is 588. The van der Waals surface area contributed by atoms with E-state index in [0.717, 1.165) is 0 Å². The molecule has 0 unspecified atom stereocenters. The Balaban J connectivity index is 5.27. The van der Waals surface area contributed by atoms with Gasteiger partial charge in [-0.15, -0.1) is 0 Å². The summed E-state index contributed by atoms with van der Waals surface area (Å²) in [6, 6.07) is -2.22. The number of esters is 2. The molecule has 192 valence electrons. The third-order valence-corrected chi connectivity index (χ3v) is 4.05. The maximum Gasteiger partial charge on any atom is 0.408 e. The van der Waals surface area contributed by atoms with Crippen LogP contribution >= 0.6 is 0 Å². The van der Waals surface area contributed by atoms with Gasteiger partial charge >= 0.3 is 24.1 Å². The van der Waals surface area contributed by atoms with Crippen LogP contribution in [-0.2, 0) is 23.8 Å². The number of nitrogens with one attached hydrogen (secondary N) is 2. The number of rotatable bonds is 12. The molecular formula is C22H42N4O7. The molecule has 0 rings (SSSR count). The molecule has 6 N–H and O–H groups in total. The summed E-state index contributed by atoms with van der Waals surface area (Å²) in [6.07, 6.45) is 1.09. The zero-order chi connectivity index (χ0) is 25.7. The molecule has 11 nitrogen and oxygen atoms in total. The van der Waals surface area contributed by atoms with Gasteiger partial charge in [0.1, 0.15) is 23.3 Å². The molecule has 0 saturated carbocycles. The van der Waals surface area contributed by atoms with E-state index in [0.29, 0.717) is 38.8 Å². The number of hydrogen-bond acceptors (Lipinski definition) is 9. The standard InChI is InChI=1S/C22H42N4O7/c1-21(2,3)32-19(29)25-15(11-7-9-13-23)17(27)31-18(28)16(12-8-10-14-24)26-20(30)33-22(4,5)6/h15-16H,7-14,23-24H2,1-6H3,(H,25,29)(H,26,30)/t15-,16-/m0/s1. The number of nitrogens with two attached hydrogens (primary N) is 2. The molecule has 33 heavy (non-hydrogen) atoms. The Kier molecular flexibility index (Phi) is 13.6. The maximum atomic E-state index is 12.7. The van der Waals surface area contributed by atoms with Gasteiger partial charge in [-0.05, 0) is 93.2 Å². The van der Waals surface area contributed by atoms with Crippen molar-refractivity contribution < 1.29 is 33.4 Å². The van der Waals surface area contributed by atoms with Gasteiger partial charge in [0, 0.05) is 0 Å². The normalized spacial score (nSPS) is 13.5. The molecule has 2 amide bonds. The van der Waals surface area contributed by atoms with Crippen molar-refractivity contribution in [2.24, 2.45) is 11.5 Å². The summed E-state index contributed by atoms with van der Waals surface area (Å²) in [4.78, 5) is 49.7. The summed E-state index contributed by atoms with van der Waals surface area (Å²) < 4.78 is 15.4. The number of amides is 2. The van der Waals surface area contributed by atoms with Crippen LogP contribution in [0.25, 0.3) is 0 Å². The summed E-state index contributed by atoms with van der Waals surface area (Å²) in [6.45, 7) is 10.9. The molecule has 0 aliphatic heterocycles. The van der Waals surface area contributed by atoms with Crippen molar-refractivity contribution in [3.63, 3.8) is 0 Å². The van der Waals surface area contributed by atoms with Gasteiger partial charge in [-0.1, -0.05) is 0 Å². The van der Waals surface area contributed by atoms with E-state index in [1.165, 1.54) is 0 Å². The minimum Gasteiger partial charge on any atom is -0.444 e. The highest BCUT2D eigenvalue weighted by atomic mass is 16.6. The van der Waals surface area contributed by atoms with E-state index >= 15 is 0 Å². The van der Waals surface area contributed by atoms with Crippen molar-refractivity contribution in [2.45, 2.75) is 103 Å². The average molecular weight is 475 g/mol. The van der Waals surface area contributed by atoms with Crippen molar-refractivity contribution in [3.8, 4) is 0 Å². The van der Waals surface area contributed by atoms with E-state index in [9.17, 15) is 19.2 Å². The zero-order valence-electron chi connectivity index (χ0n) is 20.8. The van der Waals surface area contributed by atoms with Crippen LogP contribution in [0.3, 0.4) is 0 Å². The topological polar surface area (TPSA) is 172 Å². The number of alkyl carbamates (subject to hydrolysis) is 2. The molecule has 0 aliphatic carbocycles. The van der Waals surface area contributed by atoms with E-state index in [1.807, 2.05) is 0 Å². The van der Waals surface area contributed by atoms with Gasteiger partial charge in [0.05, 0.1) is 0 Å². The van der Waals surface area contributed by atoms with E-state index in [2.05, 4.69) is 10.6 Å². The molecule has 0 aromatic rings. The van der Waals surface area contributed by atoms with Crippen molar-refractivity contribution in [1.29, 1.82) is 0 Å². The lowest BCUT2D eigenvalue weighted by Gasteiger charge is -2.24. The first-order valence-electron chi connectivity index (χ1n) is 11.3. The Morgan fingerprint density at radius 2 is 1.00 bits per heavy atom. The third-order valence-electron chi connectivity index (χ3n) is 4.05. The third kappa shape index (κ3) is 15.9. The van der Waals surface area contributed by atoms with Crippen LogP contribution in [0.4, 0.5) is 9.59 Å². The smallest absolute Gasteiger partial charge is 0.408 e. The number of unbranched alkanes of at least 4 members (excludes halogenated alkanes) is 2. The minimum absolute atomic E-state index is 0.208. The second-order valence-electron chi connectivity index (χ2n) is 9.71. The molecule has 0 saturated heterocycles. The molecule has 11 heteroatoms. The molecule has 0 aliphatic rings. The molecule has 0 aromatic heterocycles. The van der Waals surface area contributed by atoms with Crippen LogP contribution in [0.5, 0.6) is 0 Å². The Hall–Kier alpha value is -2.40. The van der Waals surface area contributed by atoms with Gasteiger partial charge in [0.2, 0.25) is 0 Å². The lowest BCUT2D eigenvalue weighted by Crippen LogP contribution is -2.48. The number of ether oxygens (including phenoxy) is 3. The van der Waals surface area contributed by atoms with Crippen LogP contribution in [-0.4, -0.2) is 60.5 Å². The average Bonchev–Trinajstić information content (AvgIpc) is 2.63. The predicted molar refractivity (Wildman–Crippen MR) is 123 cm³/mol. The van der Waals surface area contributed by atoms with Gasteiger partial charge in [-0.3, -0.25) is 0 Å². The Labute approximate surface area is 196 Å². The summed E-state index contributed by atoms with van der Waals surface area (Å²) >= 11 is 0. The molecule has 0 aromatic carbocycles. The molecule has 0 heterocycles. The van der Waals surface area contributed by atoms with Crippen molar-refractivity contribution in [1.82, 2.24) is 10.6 Å². The van der Waals surface area contributed by atoms with Crippen LogP contribution in [0.15, 0.2) is 0 Å². The predicted octanol–water partition coefficient (Wildman–Crippen LogP) is 2.10. The fourth-order valence-corrected chi connectivity index (χ4v) is 2.62. The van der Waals surface area contributed by atoms with Gasteiger partial charge in [-0.25, -0.2) is 19.2 Å². The summed E-state index contributed by atoms with van der Waals surface area (Å²) in [5.41, 5.74) is 9.47. The molecule has 0 spiro atoms. The summed E-state index contributed by atoms with van der Waals surface area (Å²) in [5, 5.41) is 4.89. The lowest BCUT2D eigenvalue weighted by atomic mass is 10.1. The first-order chi connectivity index (χ1) is 15.2. The van der Waals surface area contributed by atoms with Gasteiger partial charge in [-0.2, -0.15) is 0 Å². The Morgan fingerprint density at radius 1 is 0.667 bits per heavy atom. The summed E-state index contributed by atoms with van der Waals surface area (Å²) in [5.74, 6) is -1.89. The highest BCUT2D eigenvalue weighted by Gasteiger charge is 2.31. The van der Waals surface area contributed by atoms with Gasteiger partial charge in [0.15, 0.2) is 0 Å². The molecule has 0 fully saturated rings. The lowest BCUT2D eigenvalue weighted by molar-refractivity contribution is -0.163. The first kappa shape index (κ1) is 30.6. The van der Waals surface area contributed by atoms with Crippen LogP contribution in [0, 0.1) is 0 Å². The van der Waals surface area contributed by atoms with Crippen LogP contribution in [0.1, 0.15) is 80.1 Å². The second-order valence-corrected chi connectivity index (χ2v) is 9.71. The van der Waals surface area contributed by atoms with E-state index in [1.54, 1.807) is 41.5 Å². The number of carbonyl (C=O) groups excluding carboxylic acids is 4. The molecule has 0 bridgehead atoms. The van der Waals surface area contributed by atoms with Crippen LogP contribution < -0.4 is 22.1 Å². The quantitative estimate of drug-likeness (QED) is 0.143. The highest BCUT2D eigenvalue weighted by molar-refractivity contribution is 5.93. The Morgan fingerprint density at radius 3 is 1.27 bits per heavy atom. The molecular weight excluding hydrogens is 432 g/mol. The maximum absolute atomic E-state index is 12.7. The van der Waals surface area contributed by atoms with Crippen LogP contribution in [0.2, 0.25) is 0 Å². The van der Waals surface area contributed by atoms with Crippen molar-refractivity contribution in [3.05, 3.63) is 0 Å². The van der Waals surface area contributed by atoms with Gasteiger partial charge in [0.25, 0.3) is 0 Å². The number of carbonyl (C=O) groups is 4. The largest absolute Gasteiger partial charge is 0.444 e.